The zero-order chi connectivity index (χ0) is 19.3. The molecule has 144 valence electrons. The summed E-state index contributed by atoms with van der Waals surface area (Å²) in [6.07, 6.45) is 3.17. The van der Waals surface area contributed by atoms with E-state index < -0.39 is 10.0 Å². The number of sulfonamides is 1. The minimum Gasteiger partial charge on any atom is -0.494 e. The van der Waals surface area contributed by atoms with Gasteiger partial charge in [-0.05, 0) is 56.2 Å². The summed E-state index contributed by atoms with van der Waals surface area (Å²) in [7, 11) is -3.46. The predicted molar refractivity (Wildman–Crippen MR) is 105 cm³/mol. The first-order valence-electron chi connectivity index (χ1n) is 8.86. The quantitative estimate of drug-likeness (QED) is 0.495. The Morgan fingerprint density at radius 3 is 2.44 bits per heavy atom. The maximum atomic E-state index is 12.5. The Morgan fingerprint density at radius 2 is 1.85 bits per heavy atom. The van der Waals surface area contributed by atoms with Crippen molar-refractivity contribution >= 4 is 27.6 Å². The highest BCUT2D eigenvalue weighted by Gasteiger charge is 2.27. The maximum absolute atomic E-state index is 12.5. The first kappa shape index (κ1) is 19.9. The number of hydrogen-bond donors (Lipinski definition) is 0. The van der Waals surface area contributed by atoms with Crippen LogP contribution in [0.3, 0.4) is 0 Å². The number of ketones is 1. The predicted octanol–water partition coefficient (Wildman–Crippen LogP) is 3.24. The maximum Gasteiger partial charge on any atom is 0.244 e. The molecule has 1 aromatic carbocycles. The highest BCUT2D eigenvalue weighted by molar-refractivity contribution is 7.99. The molecule has 1 aliphatic rings. The summed E-state index contributed by atoms with van der Waals surface area (Å²) in [5, 5.41) is 0.620. The van der Waals surface area contributed by atoms with Crippen LogP contribution in [-0.2, 0) is 10.0 Å². The molecule has 0 bridgehead atoms. The number of benzene rings is 1. The number of carbonyl (C=O) groups is 1. The van der Waals surface area contributed by atoms with Crippen molar-refractivity contribution in [3.05, 3.63) is 48.2 Å². The van der Waals surface area contributed by atoms with Crippen LogP contribution < -0.4 is 4.74 Å². The first-order chi connectivity index (χ1) is 13.0. The highest BCUT2D eigenvalue weighted by atomic mass is 32.2. The molecular weight excluding hydrogens is 384 g/mol. The summed E-state index contributed by atoms with van der Waals surface area (Å²) in [4.78, 5) is 16.7. The number of carbonyl (C=O) groups excluding carboxylic acids is 1. The Morgan fingerprint density at radius 1 is 1.15 bits per heavy atom. The van der Waals surface area contributed by atoms with Gasteiger partial charge in [0.25, 0.3) is 0 Å². The van der Waals surface area contributed by atoms with E-state index in [0.29, 0.717) is 30.3 Å². The summed E-state index contributed by atoms with van der Waals surface area (Å²) in [5.41, 5.74) is 0.610. The van der Waals surface area contributed by atoms with E-state index in [-0.39, 0.29) is 16.4 Å². The van der Waals surface area contributed by atoms with Crippen molar-refractivity contribution < 1.29 is 17.9 Å². The Kier molecular flexibility index (Phi) is 6.51. The van der Waals surface area contributed by atoms with Gasteiger partial charge in [-0.2, -0.15) is 4.31 Å². The van der Waals surface area contributed by atoms with E-state index in [0.717, 1.165) is 18.6 Å². The summed E-state index contributed by atoms with van der Waals surface area (Å²) in [6.45, 7) is 3.62. The van der Waals surface area contributed by atoms with Gasteiger partial charge in [0.05, 0.1) is 17.4 Å². The number of rotatable bonds is 8. The molecule has 6 nitrogen and oxygen atoms in total. The molecule has 8 heteroatoms. The third-order valence-corrected chi connectivity index (χ3v) is 7.08. The minimum atomic E-state index is -3.46. The number of thioether (sulfide) groups is 1. The summed E-state index contributed by atoms with van der Waals surface area (Å²) >= 11 is 1.29. The van der Waals surface area contributed by atoms with Crippen LogP contribution in [0.5, 0.6) is 5.75 Å². The molecule has 0 saturated carbocycles. The number of nitrogens with zero attached hydrogens (tertiary/aromatic N) is 2. The fraction of sp³-hybridized carbons (Fsp3) is 0.368. The number of hydrogen-bond acceptors (Lipinski definition) is 6. The molecule has 27 heavy (non-hydrogen) atoms. The minimum absolute atomic E-state index is 0.0152. The monoisotopic (exact) mass is 406 g/mol. The van der Waals surface area contributed by atoms with Crippen molar-refractivity contribution in [2.75, 3.05) is 25.4 Å². The van der Waals surface area contributed by atoms with Crippen LogP contribution in [0.4, 0.5) is 0 Å². The number of aromatic nitrogens is 1. The first-order valence-corrected chi connectivity index (χ1v) is 11.3. The topological polar surface area (TPSA) is 76.6 Å². The summed E-state index contributed by atoms with van der Waals surface area (Å²) < 4.78 is 31.8. The average molecular weight is 407 g/mol. The number of Topliss-reactive ketones (excluding diaryl/α,β-unsaturated/α-hetero) is 1. The van der Waals surface area contributed by atoms with E-state index in [1.807, 2.05) is 6.92 Å². The third kappa shape index (κ3) is 4.88. The van der Waals surface area contributed by atoms with Crippen molar-refractivity contribution in [2.24, 2.45) is 0 Å². The molecule has 0 unspecified atom stereocenters. The molecule has 0 spiro atoms. The molecule has 1 fully saturated rings. The van der Waals surface area contributed by atoms with Crippen molar-refractivity contribution in [2.45, 2.75) is 29.7 Å². The lowest BCUT2D eigenvalue weighted by Gasteiger charge is -2.15. The van der Waals surface area contributed by atoms with Crippen molar-refractivity contribution in [1.29, 1.82) is 0 Å². The van der Waals surface area contributed by atoms with Gasteiger partial charge in [0.1, 0.15) is 10.6 Å². The van der Waals surface area contributed by atoms with Gasteiger partial charge in [0.2, 0.25) is 10.0 Å². The lowest BCUT2D eigenvalue weighted by Crippen LogP contribution is -2.27. The fourth-order valence-corrected chi connectivity index (χ4v) is 5.01. The standard InChI is InChI=1S/C19H22N2O4S2/c1-2-25-16-7-5-15(6-8-16)18(22)14-26-19-10-9-17(13-20-19)27(23,24)21-11-3-4-12-21/h5-10,13H,2-4,11-12,14H2,1H3. The van der Waals surface area contributed by atoms with Crippen LogP contribution >= 0.6 is 11.8 Å². The van der Waals surface area contributed by atoms with Crippen LogP contribution in [0.1, 0.15) is 30.1 Å². The van der Waals surface area contributed by atoms with Gasteiger partial charge >= 0.3 is 0 Å². The van der Waals surface area contributed by atoms with Gasteiger partial charge in [0.15, 0.2) is 5.78 Å². The summed E-state index contributed by atoms with van der Waals surface area (Å²) in [5.74, 6) is 0.955. The third-order valence-electron chi connectivity index (χ3n) is 4.25. The van der Waals surface area contributed by atoms with Gasteiger partial charge in [-0.15, -0.1) is 0 Å². The molecule has 2 aromatic rings. The molecule has 1 aliphatic heterocycles. The Bertz CT molecular complexity index is 875. The largest absolute Gasteiger partial charge is 0.494 e. The van der Waals surface area contributed by atoms with Crippen molar-refractivity contribution in [1.82, 2.24) is 9.29 Å². The fourth-order valence-electron chi connectivity index (χ4n) is 2.81. The lowest BCUT2D eigenvalue weighted by molar-refractivity contribution is 0.102. The zero-order valence-corrected chi connectivity index (χ0v) is 16.8. The average Bonchev–Trinajstić information content (AvgIpc) is 3.23. The van der Waals surface area contributed by atoms with Crippen LogP contribution in [0, 0.1) is 0 Å². The van der Waals surface area contributed by atoms with E-state index >= 15 is 0 Å². The SMILES string of the molecule is CCOc1ccc(C(=O)CSc2ccc(S(=O)(=O)N3CCCC3)cn2)cc1. The second-order valence-corrected chi connectivity index (χ2v) is 9.05. The van der Waals surface area contributed by atoms with Crippen LogP contribution in [0.15, 0.2) is 52.5 Å². The number of ether oxygens (including phenoxy) is 1. The van der Waals surface area contributed by atoms with E-state index in [1.54, 1.807) is 36.4 Å². The van der Waals surface area contributed by atoms with Crippen LogP contribution in [-0.4, -0.2) is 48.9 Å². The Balaban J connectivity index is 1.59. The van der Waals surface area contributed by atoms with Gasteiger partial charge in [0, 0.05) is 24.8 Å². The molecule has 0 aliphatic carbocycles. The molecule has 1 aromatic heterocycles. The normalized spacial score (nSPS) is 15.0. The van der Waals surface area contributed by atoms with Crippen molar-refractivity contribution in [3.8, 4) is 5.75 Å². The van der Waals surface area contributed by atoms with Gasteiger partial charge < -0.3 is 4.74 Å². The lowest BCUT2D eigenvalue weighted by atomic mass is 10.1. The van der Waals surface area contributed by atoms with Gasteiger partial charge in [-0.3, -0.25) is 4.79 Å². The molecule has 0 amide bonds. The smallest absolute Gasteiger partial charge is 0.244 e. The van der Waals surface area contributed by atoms with E-state index in [1.165, 1.54) is 22.3 Å². The molecule has 2 heterocycles. The van der Waals surface area contributed by atoms with E-state index in [4.69, 9.17) is 4.74 Å². The number of pyridine rings is 1. The molecule has 0 N–H and O–H groups in total. The molecular formula is C19H22N2O4S2. The summed E-state index contributed by atoms with van der Waals surface area (Å²) in [6, 6.07) is 10.2. The van der Waals surface area contributed by atoms with Gasteiger partial charge in [-0.1, -0.05) is 11.8 Å². The van der Waals surface area contributed by atoms with Gasteiger partial charge in [-0.25, -0.2) is 13.4 Å². The zero-order valence-electron chi connectivity index (χ0n) is 15.1. The molecule has 0 atom stereocenters. The Labute approximate surface area is 164 Å². The molecule has 0 radical (unpaired) electrons. The van der Waals surface area contributed by atoms with Crippen LogP contribution in [0.2, 0.25) is 0 Å². The second kappa shape index (κ2) is 8.86. The van der Waals surface area contributed by atoms with Crippen LogP contribution in [0.25, 0.3) is 0 Å². The molecule has 1 saturated heterocycles. The highest BCUT2D eigenvalue weighted by Crippen LogP contribution is 2.23. The molecule has 3 rings (SSSR count). The van der Waals surface area contributed by atoms with Crippen molar-refractivity contribution in [3.63, 3.8) is 0 Å². The van der Waals surface area contributed by atoms with E-state index in [2.05, 4.69) is 4.98 Å². The second-order valence-electron chi connectivity index (χ2n) is 6.11. The Hall–Kier alpha value is -1.90. The van der Waals surface area contributed by atoms with E-state index in [9.17, 15) is 13.2 Å².